The molecule has 1 heterocycles. The van der Waals surface area contributed by atoms with Gasteiger partial charge in [-0.1, -0.05) is 45.0 Å². The van der Waals surface area contributed by atoms with Crippen LogP contribution in [-0.2, 0) is 21.5 Å². The number of carbonyl (C=O) groups is 2. The molecule has 0 bridgehead atoms. The Hall–Kier alpha value is -1.64. The number of hydrogen-bond acceptors (Lipinski definition) is 2. The lowest BCUT2D eigenvalue weighted by molar-refractivity contribution is -0.139. The second-order valence-electron chi connectivity index (χ2n) is 5.82. The summed E-state index contributed by atoms with van der Waals surface area (Å²) in [6.45, 7) is 6.89. The number of carbonyl (C=O) groups excluding carboxylic acids is 2. The molecule has 0 aliphatic carbocycles. The van der Waals surface area contributed by atoms with Crippen molar-refractivity contribution in [1.29, 1.82) is 0 Å². The van der Waals surface area contributed by atoms with Crippen LogP contribution < -0.4 is 0 Å². The smallest absolute Gasteiger partial charge is 0.229 e. The SMILES string of the molecule is CC(C)(C)c1ccc(CN2C(=O)CCC2=O)cc1. The molecule has 1 aromatic rings. The van der Waals surface area contributed by atoms with Gasteiger partial charge in [-0.3, -0.25) is 14.5 Å². The van der Waals surface area contributed by atoms with Crippen LogP contribution in [0.2, 0.25) is 0 Å². The quantitative estimate of drug-likeness (QED) is 0.751. The van der Waals surface area contributed by atoms with Crippen LogP contribution in [-0.4, -0.2) is 16.7 Å². The molecule has 0 N–H and O–H groups in total. The molecule has 2 rings (SSSR count). The van der Waals surface area contributed by atoms with Crippen molar-refractivity contribution in [3.8, 4) is 0 Å². The van der Waals surface area contributed by atoms with E-state index in [1.165, 1.54) is 10.5 Å². The number of rotatable bonds is 2. The lowest BCUT2D eigenvalue weighted by Gasteiger charge is -2.20. The molecule has 96 valence electrons. The predicted molar refractivity (Wildman–Crippen MR) is 69.9 cm³/mol. The van der Waals surface area contributed by atoms with Crippen LogP contribution in [0.1, 0.15) is 44.7 Å². The first-order valence-corrected chi connectivity index (χ1v) is 6.30. The highest BCUT2D eigenvalue weighted by Gasteiger charge is 2.28. The number of benzene rings is 1. The summed E-state index contributed by atoms with van der Waals surface area (Å²) in [5.41, 5.74) is 2.38. The summed E-state index contributed by atoms with van der Waals surface area (Å²) in [7, 11) is 0. The maximum atomic E-state index is 11.5. The van der Waals surface area contributed by atoms with Gasteiger partial charge in [-0.25, -0.2) is 0 Å². The molecule has 1 aliphatic heterocycles. The summed E-state index contributed by atoms with van der Waals surface area (Å²) >= 11 is 0. The first kappa shape index (κ1) is 12.8. The second kappa shape index (κ2) is 4.56. The summed E-state index contributed by atoms with van der Waals surface area (Å²) in [5, 5.41) is 0. The summed E-state index contributed by atoms with van der Waals surface area (Å²) in [5.74, 6) is -0.111. The average molecular weight is 245 g/mol. The van der Waals surface area contributed by atoms with Crippen LogP contribution in [0.15, 0.2) is 24.3 Å². The standard InChI is InChI=1S/C15H19NO2/c1-15(2,3)12-6-4-11(5-7-12)10-16-13(17)8-9-14(16)18/h4-7H,8-10H2,1-3H3. The summed E-state index contributed by atoms with van der Waals surface area (Å²) in [6, 6.07) is 8.14. The number of hydrogen-bond donors (Lipinski definition) is 0. The van der Waals surface area contributed by atoms with Crippen molar-refractivity contribution in [2.75, 3.05) is 0 Å². The summed E-state index contributed by atoms with van der Waals surface area (Å²) in [4.78, 5) is 24.4. The van der Waals surface area contributed by atoms with Gasteiger partial charge in [-0.2, -0.15) is 0 Å². The van der Waals surface area contributed by atoms with E-state index in [1.807, 2.05) is 12.1 Å². The number of imide groups is 1. The van der Waals surface area contributed by atoms with Crippen LogP contribution >= 0.6 is 0 Å². The van der Waals surface area contributed by atoms with E-state index >= 15 is 0 Å². The number of nitrogens with zero attached hydrogens (tertiary/aromatic N) is 1. The third kappa shape index (κ3) is 2.61. The highest BCUT2D eigenvalue weighted by atomic mass is 16.2. The Kier molecular flexibility index (Phi) is 3.24. The van der Waals surface area contributed by atoms with Crippen molar-refractivity contribution in [2.45, 2.75) is 45.6 Å². The molecule has 0 saturated carbocycles. The Labute approximate surface area is 108 Å². The Balaban J connectivity index is 2.11. The largest absolute Gasteiger partial charge is 0.278 e. The Morgan fingerprint density at radius 3 is 1.94 bits per heavy atom. The molecule has 0 aromatic heterocycles. The van der Waals surface area contributed by atoms with Gasteiger partial charge < -0.3 is 0 Å². The number of amides is 2. The van der Waals surface area contributed by atoms with Crippen molar-refractivity contribution in [1.82, 2.24) is 4.90 Å². The fraction of sp³-hybridized carbons (Fsp3) is 0.467. The van der Waals surface area contributed by atoms with Gasteiger partial charge in [0.2, 0.25) is 11.8 Å². The van der Waals surface area contributed by atoms with E-state index in [4.69, 9.17) is 0 Å². The van der Waals surface area contributed by atoms with E-state index in [0.29, 0.717) is 19.4 Å². The maximum Gasteiger partial charge on any atom is 0.229 e. The molecular formula is C15H19NO2. The molecule has 1 aromatic carbocycles. The Bertz CT molecular complexity index is 452. The van der Waals surface area contributed by atoms with Gasteiger partial charge in [-0.05, 0) is 16.5 Å². The fourth-order valence-electron chi connectivity index (χ4n) is 2.09. The van der Waals surface area contributed by atoms with Crippen molar-refractivity contribution in [3.05, 3.63) is 35.4 Å². The molecule has 3 heteroatoms. The fourth-order valence-corrected chi connectivity index (χ4v) is 2.09. The second-order valence-corrected chi connectivity index (χ2v) is 5.82. The monoisotopic (exact) mass is 245 g/mol. The van der Waals surface area contributed by atoms with Gasteiger partial charge in [0.25, 0.3) is 0 Å². The van der Waals surface area contributed by atoms with Gasteiger partial charge in [0.05, 0.1) is 6.54 Å². The maximum absolute atomic E-state index is 11.5. The van der Waals surface area contributed by atoms with E-state index in [-0.39, 0.29) is 17.2 Å². The molecule has 0 unspecified atom stereocenters. The van der Waals surface area contributed by atoms with E-state index < -0.39 is 0 Å². The van der Waals surface area contributed by atoms with Crippen LogP contribution in [0.5, 0.6) is 0 Å². The van der Waals surface area contributed by atoms with Crippen molar-refractivity contribution in [2.24, 2.45) is 0 Å². The minimum atomic E-state index is -0.0557. The normalized spacial score (nSPS) is 16.5. The van der Waals surface area contributed by atoms with E-state index in [2.05, 4.69) is 32.9 Å². The number of likely N-dealkylation sites (tertiary alicyclic amines) is 1. The van der Waals surface area contributed by atoms with Gasteiger partial charge in [0.1, 0.15) is 0 Å². The van der Waals surface area contributed by atoms with Gasteiger partial charge in [0.15, 0.2) is 0 Å². The van der Waals surface area contributed by atoms with Crippen molar-refractivity contribution in [3.63, 3.8) is 0 Å². The zero-order valence-corrected chi connectivity index (χ0v) is 11.2. The predicted octanol–water partition coefficient (Wildman–Crippen LogP) is 2.63. The molecule has 1 aliphatic rings. The van der Waals surface area contributed by atoms with Gasteiger partial charge in [-0.15, -0.1) is 0 Å². The molecular weight excluding hydrogens is 226 g/mol. The van der Waals surface area contributed by atoms with Crippen LogP contribution in [0.25, 0.3) is 0 Å². The highest BCUT2D eigenvalue weighted by Crippen LogP contribution is 2.23. The Morgan fingerprint density at radius 2 is 1.50 bits per heavy atom. The van der Waals surface area contributed by atoms with E-state index in [9.17, 15) is 9.59 Å². The first-order chi connectivity index (χ1) is 8.38. The minimum Gasteiger partial charge on any atom is -0.278 e. The molecule has 2 amide bonds. The lowest BCUT2D eigenvalue weighted by atomic mass is 9.87. The van der Waals surface area contributed by atoms with E-state index in [0.717, 1.165) is 5.56 Å². The topological polar surface area (TPSA) is 37.4 Å². The molecule has 18 heavy (non-hydrogen) atoms. The highest BCUT2D eigenvalue weighted by molar-refractivity contribution is 6.01. The minimum absolute atomic E-state index is 0.0557. The molecule has 1 saturated heterocycles. The average Bonchev–Trinajstić information content (AvgIpc) is 2.60. The van der Waals surface area contributed by atoms with Crippen LogP contribution in [0.4, 0.5) is 0 Å². The Morgan fingerprint density at radius 1 is 1.00 bits per heavy atom. The van der Waals surface area contributed by atoms with Crippen molar-refractivity contribution < 1.29 is 9.59 Å². The van der Waals surface area contributed by atoms with Gasteiger partial charge in [0, 0.05) is 12.8 Å². The van der Waals surface area contributed by atoms with Crippen LogP contribution in [0.3, 0.4) is 0 Å². The molecule has 0 atom stereocenters. The summed E-state index contributed by atoms with van der Waals surface area (Å²) in [6.07, 6.45) is 0.720. The molecule has 3 nitrogen and oxygen atoms in total. The van der Waals surface area contributed by atoms with Crippen LogP contribution in [0, 0.1) is 0 Å². The zero-order valence-electron chi connectivity index (χ0n) is 11.2. The zero-order chi connectivity index (χ0) is 13.3. The van der Waals surface area contributed by atoms with Crippen molar-refractivity contribution >= 4 is 11.8 Å². The third-order valence-corrected chi connectivity index (χ3v) is 3.32. The van der Waals surface area contributed by atoms with E-state index in [1.54, 1.807) is 0 Å². The molecule has 0 radical (unpaired) electrons. The summed E-state index contributed by atoms with van der Waals surface area (Å²) < 4.78 is 0. The third-order valence-electron chi connectivity index (χ3n) is 3.32. The molecule has 1 fully saturated rings. The first-order valence-electron chi connectivity index (χ1n) is 6.30. The van der Waals surface area contributed by atoms with Gasteiger partial charge >= 0.3 is 0 Å². The lowest BCUT2D eigenvalue weighted by Crippen LogP contribution is -2.28. The molecule has 0 spiro atoms.